The maximum Gasteiger partial charge on any atom is 0.0237 e. The first-order valence-corrected chi connectivity index (χ1v) is 6.26. The Hall–Kier alpha value is -0.160. The molecule has 2 unspecified atom stereocenters. The van der Waals surface area contributed by atoms with E-state index in [1.54, 1.807) is 0 Å². The predicted octanol–water partition coefficient (Wildman–Crippen LogP) is -0.345. The minimum Gasteiger partial charge on any atom is -0.330 e. The molecule has 0 radical (unpaired) electrons. The molecule has 1 aliphatic carbocycles. The van der Waals surface area contributed by atoms with Gasteiger partial charge in [-0.25, -0.2) is 0 Å². The normalized spacial score (nSPS) is 24.4. The lowest BCUT2D eigenvalue weighted by atomic mass is 10.4. The lowest BCUT2D eigenvalue weighted by molar-refractivity contribution is 0.568. The zero-order valence-corrected chi connectivity index (χ0v) is 9.89. The first-order chi connectivity index (χ1) is 7.38. The van der Waals surface area contributed by atoms with E-state index in [0.717, 1.165) is 39.1 Å². The molecule has 0 bridgehead atoms. The Morgan fingerprint density at radius 3 is 2.33 bits per heavy atom. The van der Waals surface area contributed by atoms with Crippen molar-refractivity contribution in [3.05, 3.63) is 0 Å². The van der Waals surface area contributed by atoms with Gasteiger partial charge in [-0.15, -0.1) is 0 Å². The first kappa shape index (κ1) is 12.9. The van der Waals surface area contributed by atoms with E-state index in [-0.39, 0.29) is 0 Å². The van der Waals surface area contributed by atoms with E-state index in [9.17, 15) is 0 Å². The summed E-state index contributed by atoms with van der Waals surface area (Å²) in [7, 11) is 0. The van der Waals surface area contributed by atoms with Crippen LogP contribution in [-0.4, -0.2) is 44.8 Å². The Morgan fingerprint density at radius 1 is 1.07 bits per heavy atom. The molecule has 4 heteroatoms. The van der Waals surface area contributed by atoms with Crippen LogP contribution >= 0.6 is 0 Å². The van der Waals surface area contributed by atoms with Crippen molar-refractivity contribution in [3.8, 4) is 0 Å². The number of hydrogen-bond donors (Lipinski definition) is 4. The van der Waals surface area contributed by atoms with Crippen molar-refractivity contribution in [1.29, 1.82) is 0 Å². The fraction of sp³-hybridized carbons (Fsp3) is 1.00. The van der Waals surface area contributed by atoms with Crippen LogP contribution in [0.2, 0.25) is 0 Å². The van der Waals surface area contributed by atoms with Crippen molar-refractivity contribution in [2.45, 2.75) is 38.3 Å². The molecule has 0 spiro atoms. The molecule has 0 aromatic rings. The van der Waals surface area contributed by atoms with Gasteiger partial charge in [-0.1, -0.05) is 6.92 Å². The standard InChI is InChI=1S/C11H26N4/c1-2-13-6-4-8-15-11-9-10(11)14-7-3-5-12/h10-11,13-15H,2-9,12H2,1H3. The number of rotatable bonds is 10. The lowest BCUT2D eigenvalue weighted by Gasteiger charge is -2.05. The highest BCUT2D eigenvalue weighted by Gasteiger charge is 2.35. The second kappa shape index (κ2) is 8.05. The second-order valence-corrected chi connectivity index (χ2v) is 4.21. The van der Waals surface area contributed by atoms with Gasteiger partial charge < -0.3 is 21.7 Å². The monoisotopic (exact) mass is 214 g/mol. The molecule has 0 aliphatic heterocycles. The van der Waals surface area contributed by atoms with Crippen molar-refractivity contribution in [2.24, 2.45) is 5.73 Å². The number of nitrogens with one attached hydrogen (secondary N) is 3. The van der Waals surface area contributed by atoms with Crippen LogP contribution in [0.15, 0.2) is 0 Å². The van der Waals surface area contributed by atoms with Crippen LogP contribution < -0.4 is 21.7 Å². The molecule has 0 heterocycles. The summed E-state index contributed by atoms with van der Waals surface area (Å²) in [5.41, 5.74) is 5.43. The minimum absolute atomic E-state index is 0.704. The van der Waals surface area contributed by atoms with Crippen molar-refractivity contribution >= 4 is 0 Å². The quantitative estimate of drug-likeness (QED) is 0.376. The van der Waals surface area contributed by atoms with Crippen LogP contribution in [-0.2, 0) is 0 Å². The Bertz CT molecular complexity index is 152. The van der Waals surface area contributed by atoms with Crippen molar-refractivity contribution in [2.75, 3.05) is 32.7 Å². The van der Waals surface area contributed by atoms with Crippen molar-refractivity contribution in [1.82, 2.24) is 16.0 Å². The summed E-state index contributed by atoms with van der Waals surface area (Å²) in [6.45, 7) is 7.34. The Kier molecular flexibility index (Phi) is 6.92. The van der Waals surface area contributed by atoms with Crippen LogP contribution in [0.4, 0.5) is 0 Å². The molecule has 90 valence electrons. The molecule has 15 heavy (non-hydrogen) atoms. The summed E-state index contributed by atoms with van der Waals surface area (Å²) in [5, 5.41) is 10.4. The average Bonchev–Trinajstić information content (AvgIpc) is 2.97. The third-order valence-electron chi connectivity index (χ3n) is 2.76. The fourth-order valence-electron chi connectivity index (χ4n) is 1.71. The first-order valence-electron chi connectivity index (χ1n) is 6.26. The van der Waals surface area contributed by atoms with Gasteiger partial charge in [0, 0.05) is 12.1 Å². The summed E-state index contributed by atoms with van der Waals surface area (Å²) >= 11 is 0. The minimum atomic E-state index is 0.704. The Labute approximate surface area is 93.4 Å². The highest BCUT2D eigenvalue weighted by atomic mass is 15.1. The summed E-state index contributed by atoms with van der Waals surface area (Å²) in [6.07, 6.45) is 3.59. The maximum atomic E-state index is 5.43. The molecular weight excluding hydrogens is 188 g/mol. The number of hydrogen-bond acceptors (Lipinski definition) is 4. The second-order valence-electron chi connectivity index (χ2n) is 4.21. The summed E-state index contributed by atoms with van der Waals surface area (Å²) in [6, 6.07) is 1.42. The lowest BCUT2D eigenvalue weighted by Crippen LogP contribution is -2.30. The SMILES string of the molecule is CCNCCCNC1CC1NCCCN. The molecule has 1 fully saturated rings. The molecular formula is C11H26N4. The average molecular weight is 214 g/mol. The van der Waals surface area contributed by atoms with Crippen LogP contribution in [0.3, 0.4) is 0 Å². The van der Waals surface area contributed by atoms with E-state index in [0.29, 0.717) is 12.1 Å². The van der Waals surface area contributed by atoms with Gasteiger partial charge in [-0.3, -0.25) is 0 Å². The van der Waals surface area contributed by atoms with Gasteiger partial charge in [0.15, 0.2) is 0 Å². The van der Waals surface area contributed by atoms with Gasteiger partial charge in [0.1, 0.15) is 0 Å². The third-order valence-corrected chi connectivity index (χ3v) is 2.76. The van der Waals surface area contributed by atoms with Gasteiger partial charge >= 0.3 is 0 Å². The maximum absolute atomic E-state index is 5.43. The van der Waals surface area contributed by atoms with E-state index in [4.69, 9.17) is 5.73 Å². The molecule has 1 saturated carbocycles. The van der Waals surface area contributed by atoms with E-state index < -0.39 is 0 Å². The highest BCUT2D eigenvalue weighted by Crippen LogP contribution is 2.20. The molecule has 5 N–H and O–H groups in total. The zero-order chi connectivity index (χ0) is 10.9. The van der Waals surface area contributed by atoms with Crippen molar-refractivity contribution < 1.29 is 0 Å². The van der Waals surface area contributed by atoms with E-state index in [2.05, 4.69) is 22.9 Å². The number of nitrogens with two attached hydrogens (primary N) is 1. The molecule has 1 aliphatic rings. The van der Waals surface area contributed by atoms with E-state index in [1.807, 2.05) is 0 Å². The van der Waals surface area contributed by atoms with Crippen LogP contribution in [0, 0.1) is 0 Å². The van der Waals surface area contributed by atoms with Gasteiger partial charge in [-0.2, -0.15) is 0 Å². The van der Waals surface area contributed by atoms with Crippen LogP contribution in [0.5, 0.6) is 0 Å². The zero-order valence-electron chi connectivity index (χ0n) is 9.89. The Morgan fingerprint density at radius 2 is 1.73 bits per heavy atom. The molecule has 1 rings (SSSR count). The summed E-state index contributed by atoms with van der Waals surface area (Å²) < 4.78 is 0. The van der Waals surface area contributed by atoms with Crippen LogP contribution in [0.1, 0.15) is 26.2 Å². The van der Waals surface area contributed by atoms with Gasteiger partial charge in [0.2, 0.25) is 0 Å². The molecule has 0 aromatic carbocycles. The molecule has 0 amide bonds. The molecule has 0 saturated heterocycles. The molecule has 2 atom stereocenters. The van der Waals surface area contributed by atoms with Crippen molar-refractivity contribution in [3.63, 3.8) is 0 Å². The summed E-state index contributed by atoms with van der Waals surface area (Å²) in [4.78, 5) is 0. The third kappa shape index (κ3) is 6.10. The van der Waals surface area contributed by atoms with Gasteiger partial charge in [0.05, 0.1) is 0 Å². The van der Waals surface area contributed by atoms with Gasteiger partial charge in [-0.05, 0) is 52.0 Å². The molecule has 4 nitrogen and oxygen atoms in total. The molecule has 0 aromatic heterocycles. The predicted molar refractivity (Wildman–Crippen MR) is 65.0 cm³/mol. The van der Waals surface area contributed by atoms with Gasteiger partial charge in [0.25, 0.3) is 0 Å². The topological polar surface area (TPSA) is 62.1 Å². The van der Waals surface area contributed by atoms with Crippen LogP contribution in [0.25, 0.3) is 0 Å². The van der Waals surface area contributed by atoms with E-state index in [1.165, 1.54) is 12.8 Å². The highest BCUT2D eigenvalue weighted by molar-refractivity contribution is 4.99. The van der Waals surface area contributed by atoms with E-state index >= 15 is 0 Å². The fourth-order valence-corrected chi connectivity index (χ4v) is 1.71. The summed E-state index contributed by atoms with van der Waals surface area (Å²) in [5.74, 6) is 0. The Balaban J connectivity index is 1.80. The smallest absolute Gasteiger partial charge is 0.0237 e. The largest absolute Gasteiger partial charge is 0.330 e.